The van der Waals surface area contributed by atoms with Gasteiger partial charge in [-0.25, -0.2) is 0 Å². The van der Waals surface area contributed by atoms with Crippen LogP contribution in [0.2, 0.25) is 0 Å². The summed E-state index contributed by atoms with van der Waals surface area (Å²) in [6, 6.07) is 0. The fraction of sp³-hybridized carbons (Fsp3) is 1.00. The molecule has 0 aromatic carbocycles. The summed E-state index contributed by atoms with van der Waals surface area (Å²) in [5.74, 6) is 0. The van der Waals surface area contributed by atoms with E-state index in [1.165, 1.54) is 0 Å². The van der Waals surface area contributed by atoms with Crippen LogP contribution in [0.3, 0.4) is 0 Å². The van der Waals surface area contributed by atoms with Gasteiger partial charge >= 0.3 is 0 Å². The van der Waals surface area contributed by atoms with E-state index in [1.54, 1.807) is 55.4 Å². The van der Waals surface area contributed by atoms with Gasteiger partial charge in [0.15, 0.2) is 0 Å². The first-order valence-electron chi connectivity index (χ1n) is 5.65. The van der Waals surface area contributed by atoms with Gasteiger partial charge in [-0.15, -0.1) is 0 Å². The summed E-state index contributed by atoms with van der Waals surface area (Å²) in [6.07, 6.45) is -0.667. The third-order valence-corrected chi connectivity index (χ3v) is 0. The van der Waals surface area contributed by atoms with E-state index >= 15 is 0 Å². The Kier molecular flexibility index (Phi) is 45.3. The topological polar surface area (TPSA) is 80.9 Å². The van der Waals surface area contributed by atoms with Gasteiger partial charge in [0.05, 0.1) is 0 Å². The van der Waals surface area contributed by atoms with Crippen molar-refractivity contribution in [1.29, 1.82) is 0 Å². The summed E-state index contributed by atoms with van der Waals surface area (Å²) >= 11 is 0. The van der Waals surface area contributed by atoms with Crippen LogP contribution in [0.4, 0.5) is 0 Å². The number of hydrogen-bond donors (Lipinski definition) is 4. The Labute approximate surface area is 118 Å². The minimum absolute atomic E-state index is 0. The summed E-state index contributed by atoms with van der Waals surface area (Å²) in [4.78, 5) is 0. The summed E-state index contributed by atoms with van der Waals surface area (Å²) in [5, 5.41) is 32.2. The molecule has 17 heavy (non-hydrogen) atoms. The fourth-order valence-electron chi connectivity index (χ4n) is 0. The monoisotopic (exact) mass is 314 g/mol. The largest absolute Gasteiger partial charge is 0.394 e. The molecule has 0 heterocycles. The maximum Gasteiger partial charge on any atom is 0.0483 e. The second-order valence-electron chi connectivity index (χ2n) is 4.37. The van der Waals surface area contributed by atoms with Gasteiger partial charge in [0.25, 0.3) is 0 Å². The second kappa shape index (κ2) is 25.3. The maximum absolute atomic E-state index is 8.06. The van der Waals surface area contributed by atoms with Crippen LogP contribution in [0.5, 0.6) is 0 Å². The van der Waals surface area contributed by atoms with E-state index in [2.05, 4.69) is 0 Å². The number of aliphatic hydroxyl groups is 4. The quantitative estimate of drug-likeness (QED) is 0.506. The maximum atomic E-state index is 8.06. The predicted molar refractivity (Wildman–Crippen MR) is 75.2 cm³/mol. The fourth-order valence-corrected chi connectivity index (χ4v) is 0. The van der Waals surface area contributed by atoms with Crippen LogP contribution >= 0.6 is 0 Å². The van der Waals surface area contributed by atoms with Crippen molar-refractivity contribution in [3.8, 4) is 0 Å². The van der Waals surface area contributed by atoms with Crippen molar-refractivity contribution < 1.29 is 20.4 Å². The second-order valence-corrected chi connectivity index (χ2v) is 4.37. The van der Waals surface area contributed by atoms with Crippen LogP contribution in [0.25, 0.3) is 0 Å². The van der Waals surface area contributed by atoms with E-state index in [1.807, 2.05) is 0 Å². The van der Waals surface area contributed by atoms with Crippen molar-refractivity contribution in [2.24, 2.45) is 0 Å². The molecule has 0 rings (SSSR count). The third kappa shape index (κ3) is 23100. The van der Waals surface area contributed by atoms with E-state index in [-0.39, 0.29) is 42.0 Å². The van der Waals surface area contributed by atoms with Crippen molar-refractivity contribution in [2.45, 2.75) is 79.8 Å². The predicted octanol–water partition coefficient (Wildman–Crippen LogP) is 1.17. The van der Waals surface area contributed by atoms with Gasteiger partial charge in [0.2, 0.25) is 0 Å². The number of rotatable bonds is 0. The Hall–Kier alpha value is 0.383. The molecule has 0 unspecified atom stereocenters. The zero-order valence-corrected chi connectivity index (χ0v) is 14.7. The number of hydrogen-bond acceptors (Lipinski definition) is 4. The van der Waals surface area contributed by atoms with Gasteiger partial charge in [-0.1, -0.05) is 0 Å². The SMILES string of the molecule is CC(C)O.CC(C)O.CC(C)O.CC(C)O.[Ge]. The zero-order chi connectivity index (χ0) is 14.3. The van der Waals surface area contributed by atoms with Gasteiger partial charge in [-0.2, -0.15) is 0 Å². The van der Waals surface area contributed by atoms with E-state index in [0.717, 1.165) is 0 Å². The van der Waals surface area contributed by atoms with Gasteiger partial charge in [-0.05, 0) is 55.4 Å². The summed E-state index contributed by atoms with van der Waals surface area (Å²) in [6.45, 7) is 13.8. The Morgan fingerprint density at radius 3 is 0.412 bits per heavy atom. The molecule has 0 aromatic rings. The molecule has 0 aliphatic heterocycles. The van der Waals surface area contributed by atoms with Crippen LogP contribution in [0.1, 0.15) is 55.4 Å². The molecule has 0 saturated carbocycles. The van der Waals surface area contributed by atoms with Crippen molar-refractivity contribution in [2.75, 3.05) is 0 Å². The molecule has 108 valence electrons. The Bertz CT molecular complexity index is 61.5. The van der Waals surface area contributed by atoms with Crippen molar-refractivity contribution in [1.82, 2.24) is 0 Å². The van der Waals surface area contributed by atoms with Gasteiger partial charge < -0.3 is 20.4 Å². The molecule has 0 atom stereocenters. The Balaban J connectivity index is -0.0000000369. The van der Waals surface area contributed by atoms with Crippen LogP contribution in [-0.4, -0.2) is 62.4 Å². The molecule has 0 aromatic heterocycles. The minimum atomic E-state index is -0.167. The standard InChI is InChI=1S/4C3H8O.Ge/c4*1-3(2)4;/h4*3-4H,1-2H3;. The van der Waals surface area contributed by atoms with E-state index in [9.17, 15) is 0 Å². The molecule has 5 heteroatoms. The normalized spacial score (nSPS) is 8.47. The Morgan fingerprint density at radius 1 is 0.412 bits per heavy atom. The molecule has 0 saturated heterocycles. The molecule has 0 fully saturated rings. The van der Waals surface area contributed by atoms with E-state index in [4.69, 9.17) is 20.4 Å². The smallest absolute Gasteiger partial charge is 0.0483 e. The van der Waals surface area contributed by atoms with Crippen molar-refractivity contribution in [3.05, 3.63) is 0 Å². The molecule has 0 spiro atoms. The first-order valence-corrected chi connectivity index (χ1v) is 5.65. The first kappa shape index (κ1) is 30.4. The van der Waals surface area contributed by atoms with E-state index in [0.29, 0.717) is 0 Å². The van der Waals surface area contributed by atoms with Crippen LogP contribution in [-0.2, 0) is 0 Å². The average molecular weight is 313 g/mol. The summed E-state index contributed by atoms with van der Waals surface area (Å²) in [5.41, 5.74) is 0. The molecular weight excluding hydrogens is 281 g/mol. The van der Waals surface area contributed by atoms with Crippen LogP contribution in [0.15, 0.2) is 0 Å². The average Bonchev–Trinajstić information content (AvgIpc) is 1.76. The minimum Gasteiger partial charge on any atom is -0.394 e. The number of aliphatic hydroxyl groups excluding tert-OH is 4. The molecule has 4 nitrogen and oxygen atoms in total. The zero-order valence-electron chi connectivity index (χ0n) is 12.6. The van der Waals surface area contributed by atoms with Crippen LogP contribution in [0, 0.1) is 0 Å². The molecular formula is C12H32GeO4. The molecule has 0 aliphatic rings. The van der Waals surface area contributed by atoms with Gasteiger partial charge in [0.1, 0.15) is 0 Å². The van der Waals surface area contributed by atoms with Gasteiger partial charge in [-0.3, -0.25) is 0 Å². The van der Waals surface area contributed by atoms with Crippen molar-refractivity contribution >= 4 is 17.6 Å². The summed E-state index contributed by atoms with van der Waals surface area (Å²) < 4.78 is 0. The van der Waals surface area contributed by atoms with Crippen LogP contribution < -0.4 is 0 Å². The summed E-state index contributed by atoms with van der Waals surface area (Å²) in [7, 11) is 0. The molecule has 0 amide bonds. The third-order valence-electron chi connectivity index (χ3n) is 0. The van der Waals surface area contributed by atoms with Gasteiger partial charge in [0, 0.05) is 42.0 Å². The first-order chi connectivity index (χ1) is 6.93. The Morgan fingerprint density at radius 2 is 0.412 bits per heavy atom. The molecule has 0 bridgehead atoms. The molecule has 4 N–H and O–H groups in total. The van der Waals surface area contributed by atoms with E-state index < -0.39 is 0 Å². The van der Waals surface area contributed by atoms with Crippen molar-refractivity contribution in [3.63, 3.8) is 0 Å². The molecule has 4 radical (unpaired) electrons. The molecule has 0 aliphatic carbocycles.